The molecule has 2 atom stereocenters. The zero-order valence-electron chi connectivity index (χ0n) is 7.15. The smallest absolute Gasteiger partial charge is 0.00203 e. The first kappa shape index (κ1) is 7.80. The van der Waals surface area contributed by atoms with E-state index in [4.69, 9.17) is 0 Å². The molecule has 0 fully saturated rings. The summed E-state index contributed by atoms with van der Waals surface area (Å²) in [7, 11) is 2.02. The fraction of sp³-hybridized carbons (Fsp3) is 0.778. The topological polar surface area (TPSA) is 12.0 Å². The Morgan fingerprint density at radius 3 is 2.80 bits per heavy atom. The highest BCUT2D eigenvalue weighted by Gasteiger charge is 2.22. The molecule has 0 aromatic heterocycles. The first-order chi connectivity index (χ1) is 4.75. The van der Waals surface area contributed by atoms with Crippen LogP contribution in [0.15, 0.2) is 11.6 Å². The molecule has 0 saturated heterocycles. The highest BCUT2D eigenvalue weighted by atomic mass is 14.8. The van der Waals surface area contributed by atoms with Crippen molar-refractivity contribution in [2.45, 2.75) is 20.3 Å². The summed E-state index contributed by atoms with van der Waals surface area (Å²) in [6, 6.07) is 0. The maximum Gasteiger partial charge on any atom is -0.00203 e. The van der Waals surface area contributed by atoms with Crippen LogP contribution in [0.1, 0.15) is 20.3 Å². The van der Waals surface area contributed by atoms with Crippen LogP contribution in [0.3, 0.4) is 0 Å². The molecule has 1 nitrogen and oxygen atoms in total. The molecular formula is C9H17N. The lowest BCUT2D eigenvalue weighted by atomic mass is 9.77. The van der Waals surface area contributed by atoms with E-state index >= 15 is 0 Å². The summed E-state index contributed by atoms with van der Waals surface area (Å²) in [4.78, 5) is 0. The van der Waals surface area contributed by atoms with Crippen LogP contribution < -0.4 is 5.32 Å². The third-order valence-electron chi connectivity index (χ3n) is 2.49. The highest BCUT2D eigenvalue weighted by molar-refractivity contribution is 5.16. The monoisotopic (exact) mass is 139 g/mol. The van der Waals surface area contributed by atoms with Crippen molar-refractivity contribution in [2.24, 2.45) is 11.8 Å². The molecule has 58 valence electrons. The number of hydrogen-bond acceptors (Lipinski definition) is 1. The minimum atomic E-state index is 0.815. The van der Waals surface area contributed by atoms with E-state index < -0.39 is 0 Å². The second-order valence-corrected chi connectivity index (χ2v) is 3.33. The molecule has 2 unspecified atom stereocenters. The van der Waals surface area contributed by atoms with Gasteiger partial charge in [0.25, 0.3) is 0 Å². The van der Waals surface area contributed by atoms with Gasteiger partial charge in [0.05, 0.1) is 0 Å². The molecule has 1 heteroatoms. The van der Waals surface area contributed by atoms with Crippen LogP contribution in [0, 0.1) is 11.8 Å². The number of nitrogens with one attached hydrogen (secondary N) is 1. The molecule has 0 aromatic rings. The molecule has 1 aliphatic rings. The molecule has 0 radical (unpaired) electrons. The Kier molecular flexibility index (Phi) is 2.50. The van der Waals surface area contributed by atoms with Gasteiger partial charge in [0.1, 0.15) is 0 Å². The lowest BCUT2D eigenvalue weighted by Gasteiger charge is -2.30. The molecule has 1 rings (SSSR count). The first-order valence-electron chi connectivity index (χ1n) is 4.07. The van der Waals surface area contributed by atoms with Crippen molar-refractivity contribution in [3.05, 3.63) is 11.6 Å². The predicted octanol–water partition coefficient (Wildman–Crippen LogP) is 1.81. The van der Waals surface area contributed by atoms with Gasteiger partial charge in [0, 0.05) is 0 Å². The zero-order valence-corrected chi connectivity index (χ0v) is 7.15. The third-order valence-corrected chi connectivity index (χ3v) is 2.49. The summed E-state index contributed by atoms with van der Waals surface area (Å²) in [6.45, 7) is 5.70. The Labute approximate surface area is 63.5 Å². The van der Waals surface area contributed by atoms with E-state index in [2.05, 4.69) is 25.2 Å². The highest BCUT2D eigenvalue weighted by Crippen LogP contribution is 2.32. The largest absolute Gasteiger partial charge is 0.319 e. The molecule has 1 N–H and O–H groups in total. The van der Waals surface area contributed by atoms with Crippen molar-refractivity contribution in [1.29, 1.82) is 0 Å². The van der Waals surface area contributed by atoms with E-state index in [0.29, 0.717) is 0 Å². The Morgan fingerprint density at radius 2 is 2.50 bits per heavy atom. The fourth-order valence-electron chi connectivity index (χ4n) is 1.63. The maximum atomic E-state index is 3.21. The quantitative estimate of drug-likeness (QED) is 0.588. The Hall–Kier alpha value is -0.300. The van der Waals surface area contributed by atoms with Crippen LogP contribution in [0.25, 0.3) is 0 Å². The van der Waals surface area contributed by atoms with Crippen LogP contribution in [-0.2, 0) is 0 Å². The van der Waals surface area contributed by atoms with Gasteiger partial charge in [-0.05, 0) is 38.8 Å². The Bertz CT molecular complexity index is 138. The van der Waals surface area contributed by atoms with Crippen molar-refractivity contribution < 1.29 is 0 Å². The summed E-state index contributed by atoms with van der Waals surface area (Å²) in [5, 5.41) is 3.21. The fourth-order valence-corrected chi connectivity index (χ4v) is 1.63. The maximum absolute atomic E-state index is 3.21. The average Bonchev–Trinajstić information content (AvgIpc) is 1.85. The number of rotatable bonds is 3. The van der Waals surface area contributed by atoms with E-state index in [0.717, 1.165) is 18.4 Å². The van der Waals surface area contributed by atoms with E-state index in [9.17, 15) is 0 Å². The standard InChI is InChI=1S/C9H17N/c1-7-4-5-9(7)8(2)6-10-3/h4,8-10H,5-6H2,1-3H3. The van der Waals surface area contributed by atoms with Gasteiger partial charge >= 0.3 is 0 Å². The van der Waals surface area contributed by atoms with Gasteiger partial charge in [-0.25, -0.2) is 0 Å². The summed E-state index contributed by atoms with van der Waals surface area (Å²) in [6.07, 6.45) is 3.63. The van der Waals surface area contributed by atoms with E-state index in [1.54, 1.807) is 5.57 Å². The van der Waals surface area contributed by atoms with E-state index in [1.165, 1.54) is 6.42 Å². The SMILES string of the molecule is CNCC(C)C1CC=C1C. The van der Waals surface area contributed by atoms with Crippen molar-refractivity contribution in [2.75, 3.05) is 13.6 Å². The predicted molar refractivity (Wildman–Crippen MR) is 45.0 cm³/mol. The molecular weight excluding hydrogens is 122 g/mol. The molecule has 0 aromatic carbocycles. The van der Waals surface area contributed by atoms with Gasteiger partial charge in [-0.2, -0.15) is 0 Å². The summed E-state index contributed by atoms with van der Waals surface area (Å²) in [5.41, 5.74) is 1.59. The summed E-state index contributed by atoms with van der Waals surface area (Å²) in [5.74, 6) is 1.68. The van der Waals surface area contributed by atoms with Crippen molar-refractivity contribution in [3.8, 4) is 0 Å². The van der Waals surface area contributed by atoms with Gasteiger partial charge in [-0.15, -0.1) is 0 Å². The molecule has 0 spiro atoms. The molecule has 0 bridgehead atoms. The second-order valence-electron chi connectivity index (χ2n) is 3.33. The van der Waals surface area contributed by atoms with E-state index in [1.807, 2.05) is 7.05 Å². The van der Waals surface area contributed by atoms with Gasteiger partial charge in [-0.3, -0.25) is 0 Å². The summed E-state index contributed by atoms with van der Waals surface area (Å²) >= 11 is 0. The van der Waals surface area contributed by atoms with Crippen LogP contribution in [0.4, 0.5) is 0 Å². The molecule has 1 aliphatic carbocycles. The average molecular weight is 139 g/mol. The van der Waals surface area contributed by atoms with Gasteiger partial charge < -0.3 is 5.32 Å². The van der Waals surface area contributed by atoms with Crippen molar-refractivity contribution in [3.63, 3.8) is 0 Å². The van der Waals surface area contributed by atoms with Crippen LogP contribution in [0.2, 0.25) is 0 Å². The van der Waals surface area contributed by atoms with Gasteiger partial charge in [0.15, 0.2) is 0 Å². The van der Waals surface area contributed by atoms with Gasteiger partial charge in [-0.1, -0.05) is 18.6 Å². The minimum absolute atomic E-state index is 0.815. The van der Waals surface area contributed by atoms with Crippen molar-refractivity contribution >= 4 is 0 Å². The third kappa shape index (κ3) is 1.40. The van der Waals surface area contributed by atoms with Crippen LogP contribution >= 0.6 is 0 Å². The molecule has 0 heterocycles. The molecule has 10 heavy (non-hydrogen) atoms. The lowest BCUT2D eigenvalue weighted by molar-refractivity contribution is 0.370. The minimum Gasteiger partial charge on any atom is -0.319 e. The van der Waals surface area contributed by atoms with Crippen molar-refractivity contribution in [1.82, 2.24) is 5.32 Å². The Balaban J connectivity index is 2.29. The van der Waals surface area contributed by atoms with Crippen LogP contribution in [0.5, 0.6) is 0 Å². The lowest BCUT2D eigenvalue weighted by Crippen LogP contribution is -2.27. The van der Waals surface area contributed by atoms with Crippen LogP contribution in [-0.4, -0.2) is 13.6 Å². The molecule has 0 amide bonds. The first-order valence-corrected chi connectivity index (χ1v) is 4.07. The summed E-state index contributed by atoms with van der Waals surface area (Å²) < 4.78 is 0. The van der Waals surface area contributed by atoms with Gasteiger partial charge in [0.2, 0.25) is 0 Å². The number of allylic oxidation sites excluding steroid dienone is 2. The Morgan fingerprint density at radius 1 is 1.80 bits per heavy atom. The molecule has 0 saturated carbocycles. The van der Waals surface area contributed by atoms with E-state index in [-0.39, 0.29) is 0 Å². The number of hydrogen-bond donors (Lipinski definition) is 1. The zero-order chi connectivity index (χ0) is 7.56. The second kappa shape index (κ2) is 3.20. The molecule has 0 aliphatic heterocycles. The normalized spacial score (nSPS) is 27.1.